The average molecular weight is 191 g/mol. The van der Waals surface area contributed by atoms with Crippen LogP contribution in [0.2, 0.25) is 0 Å². The van der Waals surface area contributed by atoms with Gasteiger partial charge in [0.25, 0.3) is 0 Å². The van der Waals surface area contributed by atoms with Crippen LogP contribution in [0.15, 0.2) is 18.2 Å². The van der Waals surface area contributed by atoms with Crippen molar-refractivity contribution in [2.24, 2.45) is 0 Å². The van der Waals surface area contributed by atoms with Gasteiger partial charge in [0.1, 0.15) is 5.75 Å². The molecule has 1 aliphatic carbocycles. The molecular weight excluding hydrogens is 174 g/mol. The molecule has 0 radical (unpaired) electrons. The molecule has 1 aromatic rings. The molecule has 1 fully saturated rings. The lowest BCUT2D eigenvalue weighted by Gasteiger charge is -2.14. The number of hydrogen-bond donors (Lipinski definition) is 1. The van der Waals surface area contributed by atoms with E-state index < -0.39 is 0 Å². The van der Waals surface area contributed by atoms with Gasteiger partial charge >= 0.3 is 0 Å². The highest BCUT2D eigenvalue weighted by Crippen LogP contribution is 2.45. The third-order valence-corrected chi connectivity index (χ3v) is 2.41. The van der Waals surface area contributed by atoms with Crippen molar-refractivity contribution in [3.63, 3.8) is 0 Å². The van der Waals surface area contributed by atoms with Crippen LogP contribution in [-0.2, 0) is 0 Å². The SMILES string of the molecule is CC(C)Oc1ccc(N)cc1C1CC1. The zero-order chi connectivity index (χ0) is 10.1. The Labute approximate surface area is 85.1 Å². The Morgan fingerprint density at radius 1 is 1.36 bits per heavy atom. The molecule has 2 heteroatoms. The molecule has 1 aliphatic rings. The summed E-state index contributed by atoms with van der Waals surface area (Å²) in [5.41, 5.74) is 7.89. The first-order valence-electron chi connectivity index (χ1n) is 5.23. The quantitative estimate of drug-likeness (QED) is 0.745. The van der Waals surface area contributed by atoms with Gasteiger partial charge in [-0.05, 0) is 56.4 Å². The normalized spacial score (nSPS) is 15.9. The first-order chi connectivity index (χ1) is 6.66. The van der Waals surface area contributed by atoms with E-state index in [4.69, 9.17) is 10.5 Å². The maximum Gasteiger partial charge on any atom is 0.123 e. The van der Waals surface area contributed by atoms with Gasteiger partial charge in [-0.2, -0.15) is 0 Å². The molecule has 1 aromatic carbocycles. The number of anilines is 1. The van der Waals surface area contributed by atoms with Crippen molar-refractivity contribution >= 4 is 5.69 Å². The van der Waals surface area contributed by atoms with E-state index in [9.17, 15) is 0 Å². The minimum Gasteiger partial charge on any atom is -0.491 e. The Balaban J connectivity index is 2.27. The van der Waals surface area contributed by atoms with Gasteiger partial charge in [0.15, 0.2) is 0 Å². The van der Waals surface area contributed by atoms with Gasteiger partial charge in [0.2, 0.25) is 0 Å². The molecule has 76 valence electrons. The third kappa shape index (κ3) is 2.00. The van der Waals surface area contributed by atoms with Crippen LogP contribution in [0.3, 0.4) is 0 Å². The largest absolute Gasteiger partial charge is 0.491 e. The summed E-state index contributed by atoms with van der Waals surface area (Å²) in [6.45, 7) is 4.10. The minimum absolute atomic E-state index is 0.233. The number of rotatable bonds is 3. The second-order valence-corrected chi connectivity index (χ2v) is 4.24. The van der Waals surface area contributed by atoms with Crippen LogP contribution in [0.5, 0.6) is 5.75 Å². The molecule has 0 saturated heterocycles. The van der Waals surface area contributed by atoms with E-state index in [1.165, 1.54) is 18.4 Å². The van der Waals surface area contributed by atoms with Crippen LogP contribution in [0, 0.1) is 0 Å². The van der Waals surface area contributed by atoms with Crippen LogP contribution in [0.25, 0.3) is 0 Å². The van der Waals surface area contributed by atoms with Crippen molar-refractivity contribution in [3.8, 4) is 5.75 Å². The molecule has 0 amide bonds. The highest BCUT2D eigenvalue weighted by molar-refractivity contribution is 5.50. The van der Waals surface area contributed by atoms with E-state index >= 15 is 0 Å². The highest BCUT2D eigenvalue weighted by Gasteiger charge is 2.27. The Kier molecular flexibility index (Phi) is 2.36. The van der Waals surface area contributed by atoms with Gasteiger partial charge in [0, 0.05) is 5.69 Å². The predicted octanol–water partition coefficient (Wildman–Crippen LogP) is 2.93. The Morgan fingerprint density at radius 3 is 2.64 bits per heavy atom. The first-order valence-corrected chi connectivity index (χ1v) is 5.23. The van der Waals surface area contributed by atoms with Crippen molar-refractivity contribution in [2.75, 3.05) is 5.73 Å². The van der Waals surface area contributed by atoms with Gasteiger partial charge in [-0.15, -0.1) is 0 Å². The molecular formula is C12H17NO. The molecule has 0 spiro atoms. The Hall–Kier alpha value is -1.18. The van der Waals surface area contributed by atoms with Crippen LogP contribution < -0.4 is 10.5 Å². The predicted molar refractivity (Wildman–Crippen MR) is 58.6 cm³/mol. The number of hydrogen-bond acceptors (Lipinski definition) is 2. The van der Waals surface area contributed by atoms with Gasteiger partial charge in [0.05, 0.1) is 6.10 Å². The van der Waals surface area contributed by atoms with Gasteiger partial charge in [-0.3, -0.25) is 0 Å². The van der Waals surface area contributed by atoms with E-state index in [-0.39, 0.29) is 6.10 Å². The molecule has 2 N–H and O–H groups in total. The zero-order valence-corrected chi connectivity index (χ0v) is 8.79. The maximum absolute atomic E-state index is 5.77. The van der Waals surface area contributed by atoms with E-state index in [0.29, 0.717) is 5.92 Å². The lowest BCUT2D eigenvalue weighted by atomic mass is 10.1. The van der Waals surface area contributed by atoms with E-state index in [2.05, 4.69) is 6.07 Å². The van der Waals surface area contributed by atoms with Crippen molar-refractivity contribution in [3.05, 3.63) is 23.8 Å². The molecule has 0 aromatic heterocycles. The number of nitrogen functional groups attached to an aromatic ring is 1. The molecule has 0 atom stereocenters. The third-order valence-electron chi connectivity index (χ3n) is 2.41. The summed E-state index contributed by atoms with van der Waals surface area (Å²) < 4.78 is 5.75. The molecule has 1 saturated carbocycles. The summed E-state index contributed by atoms with van der Waals surface area (Å²) in [4.78, 5) is 0. The second kappa shape index (κ2) is 3.52. The number of ether oxygens (including phenoxy) is 1. The monoisotopic (exact) mass is 191 g/mol. The van der Waals surface area contributed by atoms with Gasteiger partial charge in [-0.25, -0.2) is 0 Å². The lowest BCUT2D eigenvalue weighted by molar-refractivity contribution is 0.240. The van der Waals surface area contributed by atoms with Crippen molar-refractivity contribution in [2.45, 2.75) is 38.7 Å². The smallest absolute Gasteiger partial charge is 0.123 e. The van der Waals surface area contributed by atoms with Crippen LogP contribution in [0.1, 0.15) is 38.2 Å². The Bertz CT molecular complexity index is 329. The molecule has 0 heterocycles. The van der Waals surface area contributed by atoms with Gasteiger partial charge < -0.3 is 10.5 Å². The molecule has 0 aliphatic heterocycles. The topological polar surface area (TPSA) is 35.2 Å². The van der Waals surface area contributed by atoms with E-state index in [0.717, 1.165) is 11.4 Å². The minimum atomic E-state index is 0.233. The fourth-order valence-corrected chi connectivity index (χ4v) is 1.64. The summed E-state index contributed by atoms with van der Waals surface area (Å²) in [5.74, 6) is 1.70. The maximum atomic E-state index is 5.77. The lowest BCUT2D eigenvalue weighted by Crippen LogP contribution is -2.07. The molecule has 0 bridgehead atoms. The Morgan fingerprint density at radius 2 is 2.07 bits per heavy atom. The van der Waals surface area contributed by atoms with Crippen molar-refractivity contribution < 1.29 is 4.74 Å². The number of nitrogens with two attached hydrogens (primary N) is 1. The highest BCUT2D eigenvalue weighted by atomic mass is 16.5. The van der Waals surface area contributed by atoms with Crippen LogP contribution in [-0.4, -0.2) is 6.10 Å². The van der Waals surface area contributed by atoms with Crippen LogP contribution >= 0.6 is 0 Å². The molecule has 2 rings (SSSR count). The summed E-state index contributed by atoms with van der Waals surface area (Å²) in [7, 11) is 0. The fraction of sp³-hybridized carbons (Fsp3) is 0.500. The molecule has 0 unspecified atom stereocenters. The van der Waals surface area contributed by atoms with Gasteiger partial charge in [-0.1, -0.05) is 0 Å². The standard InChI is InChI=1S/C12H17NO/c1-8(2)14-12-6-5-10(13)7-11(12)9-3-4-9/h5-9H,3-4,13H2,1-2H3. The zero-order valence-electron chi connectivity index (χ0n) is 8.79. The van der Waals surface area contributed by atoms with E-state index in [1.54, 1.807) is 0 Å². The summed E-state index contributed by atoms with van der Waals surface area (Å²) in [6.07, 6.45) is 2.78. The van der Waals surface area contributed by atoms with E-state index in [1.807, 2.05) is 26.0 Å². The van der Waals surface area contributed by atoms with Crippen molar-refractivity contribution in [1.82, 2.24) is 0 Å². The summed E-state index contributed by atoms with van der Waals surface area (Å²) in [5, 5.41) is 0. The summed E-state index contributed by atoms with van der Waals surface area (Å²) in [6, 6.07) is 5.95. The first kappa shape index (κ1) is 9.38. The summed E-state index contributed by atoms with van der Waals surface area (Å²) >= 11 is 0. The fourth-order valence-electron chi connectivity index (χ4n) is 1.64. The second-order valence-electron chi connectivity index (χ2n) is 4.24. The van der Waals surface area contributed by atoms with Crippen LogP contribution in [0.4, 0.5) is 5.69 Å². The average Bonchev–Trinajstić information content (AvgIpc) is 2.90. The molecule has 14 heavy (non-hydrogen) atoms. The molecule has 2 nitrogen and oxygen atoms in total. The number of benzene rings is 1. The van der Waals surface area contributed by atoms with Crippen molar-refractivity contribution in [1.29, 1.82) is 0 Å².